The van der Waals surface area contributed by atoms with E-state index in [1.165, 1.54) is 18.2 Å². The molecule has 2 aliphatic rings. The largest absolute Gasteiger partial charge is 0.417 e. The fraction of sp³-hybridized carbons (Fsp3) is 0.227. The van der Waals surface area contributed by atoms with E-state index in [2.05, 4.69) is 20.4 Å². The second-order valence-corrected chi connectivity index (χ2v) is 7.92. The van der Waals surface area contributed by atoms with Crippen molar-refractivity contribution in [3.63, 3.8) is 0 Å². The molecule has 1 atom stereocenters. The minimum atomic E-state index is -4.45. The summed E-state index contributed by atoms with van der Waals surface area (Å²) in [7, 11) is 0. The Morgan fingerprint density at radius 1 is 1.15 bits per heavy atom. The van der Waals surface area contributed by atoms with Crippen molar-refractivity contribution in [1.29, 1.82) is 0 Å². The molecule has 8 nitrogen and oxygen atoms in total. The summed E-state index contributed by atoms with van der Waals surface area (Å²) in [5.41, 5.74) is 2.27. The molecule has 2 aromatic heterocycles. The zero-order valence-electron chi connectivity index (χ0n) is 17.1. The van der Waals surface area contributed by atoms with Gasteiger partial charge in [-0.05, 0) is 42.0 Å². The molecule has 1 fully saturated rings. The third kappa shape index (κ3) is 4.09. The second-order valence-electron chi connectivity index (χ2n) is 7.92. The first-order valence-corrected chi connectivity index (χ1v) is 10.1. The van der Waals surface area contributed by atoms with E-state index in [0.29, 0.717) is 30.7 Å². The number of halogens is 3. The summed E-state index contributed by atoms with van der Waals surface area (Å²) < 4.78 is 37.9. The van der Waals surface area contributed by atoms with E-state index in [4.69, 9.17) is 0 Å². The highest BCUT2D eigenvalue weighted by Crippen LogP contribution is 2.31. The van der Waals surface area contributed by atoms with E-state index in [1.54, 1.807) is 34.2 Å². The van der Waals surface area contributed by atoms with Gasteiger partial charge in [-0.2, -0.15) is 13.2 Å². The lowest BCUT2D eigenvalue weighted by Crippen LogP contribution is -2.32. The molecule has 5 rings (SSSR count). The van der Waals surface area contributed by atoms with Crippen LogP contribution < -0.4 is 0 Å². The van der Waals surface area contributed by atoms with Crippen molar-refractivity contribution in [3.8, 4) is 0 Å². The highest BCUT2D eigenvalue weighted by atomic mass is 19.4. The number of aromatic amines is 1. The maximum atomic E-state index is 12.9. The summed E-state index contributed by atoms with van der Waals surface area (Å²) in [5.74, 6) is -0.361. The van der Waals surface area contributed by atoms with Gasteiger partial charge in [-0.25, -0.2) is 0 Å². The van der Waals surface area contributed by atoms with Gasteiger partial charge in [0.2, 0.25) is 5.91 Å². The SMILES string of the molecule is O=C(c1ccc2[nH]nnc2c1)N1C=C2CN(C(=O)/C=C/c3ccc(C(F)(F)F)cn3)C[C@@H]2C1. The molecule has 2 amide bonds. The summed E-state index contributed by atoms with van der Waals surface area (Å²) in [6.07, 6.45) is 0.758. The van der Waals surface area contributed by atoms with Crippen molar-refractivity contribution in [2.75, 3.05) is 19.6 Å². The molecule has 33 heavy (non-hydrogen) atoms. The number of pyridine rings is 1. The Balaban J connectivity index is 1.21. The van der Waals surface area contributed by atoms with Crippen LogP contribution in [0.5, 0.6) is 0 Å². The number of alkyl halides is 3. The molecule has 0 bridgehead atoms. The maximum absolute atomic E-state index is 12.9. The van der Waals surface area contributed by atoms with Gasteiger partial charge in [-0.1, -0.05) is 5.21 Å². The quantitative estimate of drug-likeness (QED) is 0.614. The fourth-order valence-corrected chi connectivity index (χ4v) is 3.99. The van der Waals surface area contributed by atoms with Gasteiger partial charge in [0.15, 0.2) is 0 Å². The predicted molar refractivity (Wildman–Crippen MR) is 111 cm³/mol. The number of carbonyl (C=O) groups is 2. The zero-order valence-corrected chi connectivity index (χ0v) is 17.1. The second kappa shape index (κ2) is 7.84. The minimum Gasteiger partial charge on any atom is -0.334 e. The van der Waals surface area contributed by atoms with E-state index in [9.17, 15) is 22.8 Å². The van der Waals surface area contributed by atoms with Crippen LogP contribution in [0.15, 0.2) is 54.4 Å². The number of H-pyrrole nitrogens is 1. The van der Waals surface area contributed by atoms with Crippen LogP contribution in [0.1, 0.15) is 21.6 Å². The van der Waals surface area contributed by atoms with Gasteiger partial charge in [0.25, 0.3) is 5.91 Å². The smallest absolute Gasteiger partial charge is 0.334 e. The van der Waals surface area contributed by atoms with Gasteiger partial charge in [0.1, 0.15) is 5.52 Å². The van der Waals surface area contributed by atoms with Gasteiger partial charge in [-0.3, -0.25) is 19.7 Å². The van der Waals surface area contributed by atoms with Crippen molar-refractivity contribution in [2.45, 2.75) is 6.18 Å². The molecule has 1 aromatic carbocycles. The molecule has 0 aliphatic carbocycles. The summed E-state index contributed by atoms with van der Waals surface area (Å²) >= 11 is 0. The molecule has 2 aliphatic heterocycles. The number of fused-ring (bicyclic) bond motifs is 2. The Hall–Kier alpha value is -4.02. The van der Waals surface area contributed by atoms with Crippen molar-refractivity contribution in [2.24, 2.45) is 5.92 Å². The highest BCUT2D eigenvalue weighted by Gasteiger charge is 2.37. The molecular weight excluding hydrogens is 437 g/mol. The third-order valence-electron chi connectivity index (χ3n) is 5.73. The standard InChI is InChI=1S/C22H17F3N6O2/c23-22(24,25)16-2-3-17(26-8-16)4-6-20(32)30-9-14-11-31(12-15(14)10-30)21(33)13-1-5-18-19(7-13)28-29-27-18/h1-8,11,15H,9-10,12H2,(H,27,28,29)/b6-4+/t15-/m1/s1. The number of amides is 2. The Labute approximate surface area is 185 Å². The molecule has 0 saturated carbocycles. The molecule has 11 heteroatoms. The summed E-state index contributed by atoms with van der Waals surface area (Å²) in [5, 5.41) is 10.4. The summed E-state index contributed by atoms with van der Waals surface area (Å²) in [6, 6.07) is 7.30. The average Bonchev–Trinajstić information content (AvgIpc) is 3.50. The topological polar surface area (TPSA) is 95.1 Å². The first kappa shape index (κ1) is 20.9. The lowest BCUT2D eigenvalue weighted by atomic mass is 10.1. The molecule has 1 saturated heterocycles. The van der Waals surface area contributed by atoms with Crippen molar-refractivity contribution < 1.29 is 22.8 Å². The Morgan fingerprint density at radius 3 is 2.73 bits per heavy atom. The number of benzene rings is 1. The monoisotopic (exact) mass is 454 g/mol. The van der Waals surface area contributed by atoms with E-state index in [-0.39, 0.29) is 23.4 Å². The molecule has 3 aromatic rings. The van der Waals surface area contributed by atoms with Crippen LogP contribution >= 0.6 is 0 Å². The minimum absolute atomic E-state index is 0.0475. The highest BCUT2D eigenvalue weighted by molar-refractivity contribution is 5.98. The number of aromatic nitrogens is 4. The Morgan fingerprint density at radius 2 is 2.00 bits per heavy atom. The number of carbonyl (C=O) groups excluding carboxylic acids is 2. The van der Waals surface area contributed by atoms with E-state index in [0.717, 1.165) is 23.4 Å². The van der Waals surface area contributed by atoms with Crippen LogP contribution in [0, 0.1) is 5.92 Å². The molecule has 0 radical (unpaired) electrons. The Kier molecular flexibility index (Phi) is 4.95. The average molecular weight is 454 g/mol. The summed E-state index contributed by atoms with van der Waals surface area (Å²) in [6.45, 7) is 1.32. The normalized spacial score (nSPS) is 18.3. The maximum Gasteiger partial charge on any atom is 0.417 e. The number of nitrogens with zero attached hydrogens (tertiary/aromatic N) is 5. The van der Waals surface area contributed by atoms with Gasteiger partial charge in [0.05, 0.1) is 16.8 Å². The lowest BCUT2D eigenvalue weighted by Gasteiger charge is -2.19. The van der Waals surface area contributed by atoms with E-state index >= 15 is 0 Å². The van der Waals surface area contributed by atoms with Crippen LogP contribution in [-0.2, 0) is 11.0 Å². The molecule has 0 unspecified atom stereocenters. The zero-order chi connectivity index (χ0) is 23.2. The van der Waals surface area contributed by atoms with Crippen molar-refractivity contribution >= 4 is 28.9 Å². The van der Waals surface area contributed by atoms with Gasteiger partial charge in [-0.15, -0.1) is 5.10 Å². The van der Waals surface area contributed by atoms with E-state index < -0.39 is 11.7 Å². The number of hydrogen-bond acceptors (Lipinski definition) is 5. The first-order valence-electron chi connectivity index (χ1n) is 10.1. The number of nitrogens with one attached hydrogen (secondary N) is 1. The Bertz CT molecular complexity index is 1300. The van der Waals surface area contributed by atoms with Gasteiger partial charge < -0.3 is 9.80 Å². The van der Waals surface area contributed by atoms with Gasteiger partial charge in [0, 0.05) is 49.6 Å². The first-order chi connectivity index (χ1) is 15.8. The molecule has 168 valence electrons. The fourth-order valence-electron chi connectivity index (χ4n) is 3.99. The molecule has 0 spiro atoms. The lowest BCUT2D eigenvalue weighted by molar-refractivity contribution is -0.137. The van der Waals surface area contributed by atoms with Crippen molar-refractivity contribution in [1.82, 2.24) is 30.2 Å². The summed E-state index contributed by atoms with van der Waals surface area (Å²) in [4.78, 5) is 32.4. The van der Waals surface area contributed by atoms with Crippen molar-refractivity contribution in [3.05, 3.63) is 71.2 Å². The van der Waals surface area contributed by atoms with Crippen LogP contribution in [0.25, 0.3) is 17.1 Å². The van der Waals surface area contributed by atoms with Gasteiger partial charge >= 0.3 is 6.18 Å². The number of hydrogen-bond donors (Lipinski definition) is 1. The third-order valence-corrected chi connectivity index (χ3v) is 5.73. The number of likely N-dealkylation sites (tertiary alicyclic amines) is 1. The molecule has 1 N–H and O–H groups in total. The number of rotatable bonds is 3. The molecular formula is C22H17F3N6O2. The van der Waals surface area contributed by atoms with Crippen LogP contribution in [0.3, 0.4) is 0 Å². The van der Waals surface area contributed by atoms with E-state index in [1.807, 2.05) is 0 Å². The van der Waals surface area contributed by atoms with Crippen LogP contribution in [0.2, 0.25) is 0 Å². The van der Waals surface area contributed by atoms with Crippen LogP contribution in [-0.4, -0.2) is 61.6 Å². The predicted octanol–water partition coefficient (Wildman–Crippen LogP) is 2.88. The molecule has 4 heterocycles. The van der Waals surface area contributed by atoms with Crippen LogP contribution in [0.4, 0.5) is 13.2 Å².